The van der Waals surface area contributed by atoms with Gasteiger partial charge in [0.1, 0.15) is 0 Å². The molecule has 1 saturated heterocycles. The number of aromatic nitrogens is 4. The maximum atomic E-state index is 12.6. The van der Waals surface area contributed by atoms with Gasteiger partial charge in [0.2, 0.25) is 29.7 Å². The molecule has 11 nitrogen and oxygen atoms in total. The number of nitrogens with zero attached hydrogens (tertiary/aromatic N) is 6. The molecule has 0 spiro atoms. The Labute approximate surface area is 244 Å². The van der Waals surface area contributed by atoms with E-state index in [1.807, 2.05) is 22.5 Å². The Kier molecular flexibility index (Phi) is 7.67. The highest BCUT2D eigenvalue weighted by Gasteiger charge is 2.53. The number of thiazole rings is 1. The van der Waals surface area contributed by atoms with E-state index < -0.39 is 0 Å². The van der Waals surface area contributed by atoms with Crippen LogP contribution in [0, 0.1) is 23.2 Å². The first kappa shape index (κ1) is 27.6. The lowest BCUT2D eigenvalue weighted by molar-refractivity contribution is -0.133. The number of carbonyl (C=O) groups excluding carboxylic acids is 2. The zero-order valence-electron chi connectivity index (χ0n) is 24.0. The second-order valence-electron chi connectivity index (χ2n) is 12.1. The Hall–Kier alpha value is -3.54. The Morgan fingerprint density at radius 3 is 2.61 bits per heavy atom. The Balaban J connectivity index is 1.17. The van der Waals surface area contributed by atoms with Crippen LogP contribution < -0.4 is 20.9 Å². The average molecular weight is 578 g/mol. The van der Waals surface area contributed by atoms with Gasteiger partial charge in [-0.2, -0.15) is 15.0 Å². The molecule has 3 aliphatic carbocycles. The smallest absolute Gasteiger partial charge is 0.233 e. The molecule has 1 unspecified atom stereocenters. The van der Waals surface area contributed by atoms with Crippen LogP contribution in [0.2, 0.25) is 0 Å². The molecule has 4 aliphatic rings. The molecule has 1 aromatic carbocycles. The lowest BCUT2D eigenvalue weighted by Gasteiger charge is -2.60. The summed E-state index contributed by atoms with van der Waals surface area (Å²) < 4.78 is 1.10. The van der Waals surface area contributed by atoms with E-state index in [1.165, 1.54) is 19.3 Å². The van der Waals surface area contributed by atoms with Gasteiger partial charge in [0, 0.05) is 58.3 Å². The molecule has 3 atom stereocenters. The van der Waals surface area contributed by atoms with Crippen molar-refractivity contribution in [3.8, 4) is 0 Å². The van der Waals surface area contributed by atoms with Crippen molar-refractivity contribution < 1.29 is 9.59 Å². The fraction of sp³-hybridized carbons (Fsp3) is 0.586. The minimum absolute atomic E-state index is 0.000654. The van der Waals surface area contributed by atoms with Crippen molar-refractivity contribution in [3.05, 3.63) is 23.7 Å². The van der Waals surface area contributed by atoms with Gasteiger partial charge in [0.05, 0.1) is 15.7 Å². The SMILES string of the molecule is CNC(=O)CCC(=O)N1CCN(c2nc(NCC3CC[C@@H]4C[C@H]3C4(C)C)nc(Nc3ccc4ncsc4c3)n2)CC1. The van der Waals surface area contributed by atoms with Crippen LogP contribution >= 0.6 is 11.3 Å². The van der Waals surface area contributed by atoms with Crippen LogP contribution in [-0.2, 0) is 9.59 Å². The van der Waals surface area contributed by atoms with Gasteiger partial charge in [0.25, 0.3) is 0 Å². The molecule has 2 bridgehead atoms. The summed E-state index contributed by atoms with van der Waals surface area (Å²) in [5.41, 5.74) is 4.13. The van der Waals surface area contributed by atoms with E-state index in [2.05, 4.69) is 45.7 Å². The zero-order valence-corrected chi connectivity index (χ0v) is 24.8. The van der Waals surface area contributed by atoms with Gasteiger partial charge in [-0.25, -0.2) is 4.98 Å². The van der Waals surface area contributed by atoms with E-state index in [9.17, 15) is 9.59 Å². The number of hydrogen-bond donors (Lipinski definition) is 3. The van der Waals surface area contributed by atoms with Crippen molar-refractivity contribution in [2.45, 2.75) is 46.0 Å². The lowest BCUT2D eigenvalue weighted by Crippen LogP contribution is -2.53. The van der Waals surface area contributed by atoms with Crippen LogP contribution in [-0.4, -0.2) is 76.4 Å². The number of amides is 2. The number of benzene rings is 1. The van der Waals surface area contributed by atoms with Crippen molar-refractivity contribution in [2.24, 2.45) is 23.2 Å². The van der Waals surface area contributed by atoms with Crippen LogP contribution in [0.4, 0.5) is 23.5 Å². The van der Waals surface area contributed by atoms with Crippen LogP contribution in [0.5, 0.6) is 0 Å². The molecule has 3 heterocycles. The van der Waals surface area contributed by atoms with E-state index in [-0.39, 0.29) is 24.7 Å². The topological polar surface area (TPSA) is 128 Å². The molecule has 3 saturated carbocycles. The first-order chi connectivity index (χ1) is 19.8. The van der Waals surface area contributed by atoms with E-state index in [4.69, 9.17) is 15.0 Å². The van der Waals surface area contributed by atoms with Crippen molar-refractivity contribution in [3.63, 3.8) is 0 Å². The van der Waals surface area contributed by atoms with Gasteiger partial charge in [-0.1, -0.05) is 13.8 Å². The van der Waals surface area contributed by atoms with E-state index in [0.29, 0.717) is 55.4 Å². The molecule has 12 heteroatoms. The maximum absolute atomic E-state index is 12.6. The standard InChI is InChI=1S/C29H39N9O2S/c1-29(2)19-5-4-18(21(29)14-19)16-31-26-34-27(33-20-6-7-22-23(15-20)41-17-32-22)36-28(35-26)38-12-10-37(11-13-38)25(40)9-8-24(39)30-3/h6-7,15,17-19,21H,4-5,8-14,16H2,1-3H3,(H,30,39)(H2,31,33,34,35,36)/t18?,19-,21-/m1/s1. The molecule has 3 aromatic rings. The van der Waals surface area contributed by atoms with Gasteiger partial charge in [0.15, 0.2) is 0 Å². The lowest BCUT2D eigenvalue weighted by atomic mass is 9.45. The first-order valence-electron chi connectivity index (χ1n) is 14.6. The van der Waals surface area contributed by atoms with Crippen LogP contribution in [0.3, 0.4) is 0 Å². The van der Waals surface area contributed by atoms with E-state index >= 15 is 0 Å². The fourth-order valence-corrected chi connectivity index (χ4v) is 7.51. The summed E-state index contributed by atoms with van der Waals surface area (Å²) in [6.07, 6.45) is 4.31. The zero-order chi connectivity index (χ0) is 28.6. The van der Waals surface area contributed by atoms with Crippen molar-refractivity contribution >= 4 is 56.9 Å². The third-order valence-corrected chi connectivity index (χ3v) is 10.3. The molecule has 3 N–H and O–H groups in total. The second-order valence-corrected chi connectivity index (χ2v) is 12.9. The molecular formula is C29H39N9O2S. The third-order valence-electron chi connectivity index (χ3n) is 9.49. The van der Waals surface area contributed by atoms with Crippen molar-refractivity contribution in [1.82, 2.24) is 30.2 Å². The minimum atomic E-state index is -0.120. The summed E-state index contributed by atoms with van der Waals surface area (Å²) in [6, 6.07) is 6.04. The molecule has 218 valence electrons. The summed E-state index contributed by atoms with van der Waals surface area (Å²) in [7, 11) is 1.59. The minimum Gasteiger partial charge on any atom is -0.359 e. The number of nitrogens with one attached hydrogen (secondary N) is 3. The van der Waals surface area contributed by atoms with Crippen LogP contribution in [0.1, 0.15) is 46.0 Å². The summed E-state index contributed by atoms with van der Waals surface area (Å²) in [4.78, 5) is 46.8. The molecular weight excluding hydrogens is 538 g/mol. The van der Waals surface area contributed by atoms with Crippen LogP contribution in [0.25, 0.3) is 10.2 Å². The van der Waals surface area contributed by atoms with E-state index in [1.54, 1.807) is 18.4 Å². The average Bonchev–Trinajstić information content (AvgIpc) is 3.46. The van der Waals surface area contributed by atoms with Gasteiger partial charge < -0.3 is 25.8 Å². The van der Waals surface area contributed by atoms with Gasteiger partial charge in [-0.15, -0.1) is 11.3 Å². The number of hydrogen-bond acceptors (Lipinski definition) is 10. The number of anilines is 4. The third kappa shape index (κ3) is 5.79. The molecule has 4 fully saturated rings. The molecule has 1 aliphatic heterocycles. The summed E-state index contributed by atoms with van der Waals surface area (Å²) >= 11 is 1.60. The molecule has 0 radical (unpaired) electrons. The van der Waals surface area contributed by atoms with Gasteiger partial charge in [-0.05, 0) is 60.6 Å². The van der Waals surface area contributed by atoms with E-state index in [0.717, 1.165) is 34.3 Å². The number of fused-ring (bicyclic) bond motifs is 3. The predicted octanol–water partition coefficient (Wildman–Crippen LogP) is 3.88. The molecule has 2 aromatic heterocycles. The van der Waals surface area contributed by atoms with Crippen LogP contribution in [0.15, 0.2) is 23.7 Å². The molecule has 2 amide bonds. The predicted molar refractivity (Wildman–Crippen MR) is 161 cm³/mol. The number of rotatable bonds is 9. The largest absolute Gasteiger partial charge is 0.359 e. The normalized spacial score (nSPS) is 23.1. The maximum Gasteiger partial charge on any atom is 0.233 e. The van der Waals surface area contributed by atoms with Crippen molar-refractivity contribution in [1.29, 1.82) is 0 Å². The number of carbonyl (C=O) groups is 2. The first-order valence-corrected chi connectivity index (χ1v) is 15.5. The van der Waals surface area contributed by atoms with Crippen molar-refractivity contribution in [2.75, 3.05) is 55.3 Å². The quantitative estimate of drug-likeness (QED) is 0.347. The highest BCUT2D eigenvalue weighted by atomic mass is 32.1. The summed E-state index contributed by atoms with van der Waals surface area (Å²) in [6.45, 7) is 8.04. The second kappa shape index (κ2) is 11.4. The Morgan fingerprint density at radius 1 is 1.05 bits per heavy atom. The monoisotopic (exact) mass is 577 g/mol. The summed E-state index contributed by atoms with van der Waals surface area (Å²) in [5, 5.41) is 9.51. The Bertz CT molecular complexity index is 1420. The fourth-order valence-electron chi connectivity index (χ4n) is 6.79. The highest BCUT2D eigenvalue weighted by Crippen LogP contribution is 2.61. The Morgan fingerprint density at radius 2 is 1.85 bits per heavy atom. The number of piperazine rings is 1. The highest BCUT2D eigenvalue weighted by molar-refractivity contribution is 7.16. The van der Waals surface area contributed by atoms with Gasteiger partial charge >= 0.3 is 0 Å². The molecule has 7 rings (SSSR count). The molecule has 41 heavy (non-hydrogen) atoms. The van der Waals surface area contributed by atoms with Gasteiger partial charge in [-0.3, -0.25) is 9.59 Å². The summed E-state index contributed by atoms with van der Waals surface area (Å²) in [5.74, 6) is 3.75.